The van der Waals surface area contributed by atoms with E-state index >= 15 is 0 Å². The van der Waals surface area contributed by atoms with Gasteiger partial charge in [-0.1, -0.05) is 41.4 Å². The third-order valence-electron chi connectivity index (χ3n) is 3.58. The molecule has 1 aliphatic rings. The molecule has 7 nitrogen and oxygen atoms in total. The number of carbonyl (C=O) groups is 2. The first-order valence-corrected chi connectivity index (χ1v) is 8.71. The van der Waals surface area contributed by atoms with E-state index in [1.165, 1.54) is 6.21 Å². The molecule has 0 radical (unpaired) electrons. The van der Waals surface area contributed by atoms with Crippen molar-refractivity contribution in [1.29, 1.82) is 0 Å². The molecule has 0 saturated heterocycles. The third-order valence-corrected chi connectivity index (χ3v) is 4.14. The van der Waals surface area contributed by atoms with Crippen LogP contribution >= 0.6 is 23.2 Å². The number of carbonyl (C=O) groups excluding carboxylic acids is 2. The number of hydrogen-bond donors (Lipinski definition) is 2. The minimum absolute atomic E-state index is 0.0671. The summed E-state index contributed by atoms with van der Waals surface area (Å²) in [5, 5.41) is 7.18. The normalized spacial score (nSPS) is 15.4. The van der Waals surface area contributed by atoms with Gasteiger partial charge in [-0.2, -0.15) is 5.10 Å². The van der Waals surface area contributed by atoms with Crippen molar-refractivity contribution in [2.45, 2.75) is 6.10 Å². The molecule has 2 amide bonds. The van der Waals surface area contributed by atoms with E-state index < -0.39 is 17.9 Å². The molecule has 2 aromatic carbocycles. The zero-order valence-electron chi connectivity index (χ0n) is 13.9. The van der Waals surface area contributed by atoms with E-state index in [2.05, 4.69) is 15.8 Å². The number of hydrazone groups is 1. The van der Waals surface area contributed by atoms with Crippen molar-refractivity contribution in [3.8, 4) is 11.5 Å². The molecule has 9 heteroatoms. The maximum atomic E-state index is 12.1. The molecule has 0 fully saturated rings. The minimum Gasteiger partial charge on any atom is -0.485 e. The highest BCUT2D eigenvalue weighted by atomic mass is 35.5. The van der Waals surface area contributed by atoms with E-state index in [9.17, 15) is 9.59 Å². The number of amides is 2. The van der Waals surface area contributed by atoms with Crippen LogP contribution < -0.4 is 20.2 Å². The van der Waals surface area contributed by atoms with E-state index in [-0.39, 0.29) is 13.2 Å². The second kappa shape index (κ2) is 8.75. The van der Waals surface area contributed by atoms with Gasteiger partial charge in [-0.15, -0.1) is 0 Å². The molecule has 1 atom stereocenters. The molecule has 1 heterocycles. The Kier molecular flexibility index (Phi) is 6.16. The average Bonchev–Trinajstić information content (AvgIpc) is 2.67. The molecule has 1 aliphatic heterocycles. The molecule has 2 N–H and O–H groups in total. The largest absolute Gasteiger partial charge is 0.485 e. The Hall–Kier alpha value is -2.77. The quantitative estimate of drug-likeness (QED) is 0.588. The Balaban J connectivity index is 1.45. The van der Waals surface area contributed by atoms with Gasteiger partial charge < -0.3 is 14.8 Å². The highest BCUT2D eigenvalue weighted by Gasteiger charge is 2.27. The van der Waals surface area contributed by atoms with Gasteiger partial charge in [0.05, 0.1) is 17.8 Å². The lowest BCUT2D eigenvalue weighted by Crippen LogP contribution is -2.46. The van der Waals surface area contributed by atoms with Crippen molar-refractivity contribution in [3.05, 3.63) is 58.1 Å². The fraction of sp³-hybridized carbons (Fsp3) is 0.167. The summed E-state index contributed by atoms with van der Waals surface area (Å²) in [6.45, 7) is -0.191. The van der Waals surface area contributed by atoms with Gasteiger partial charge in [0.1, 0.15) is 6.61 Å². The number of nitrogens with zero attached hydrogens (tertiary/aromatic N) is 1. The van der Waals surface area contributed by atoms with Crippen molar-refractivity contribution in [1.82, 2.24) is 10.7 Å². The van der Waals surface area contributed by atoms with Crippen LogP contribution in [0.25, 0.3) is 0 Å². The van der Waals surface area contributed by atoms with Crippen LogP contribution in [0.1, 0.15) is 5.56 Å². The van der Waals surface area contributed by atoms with Crippen LogP contribution in [0.5, 0.6) is 11.5 Å². The molecule has 3 rings (SSSR count). The number of benzene rings is 2. The summed E-state index contributed by atoms with van der Waals surface area (Å²) in [5.41, 5.74) is 2.89. The summed E-state index contributed by atoms with van der Waals surface area (Å²) in [6, 6.07) is 11.9. The maximum Gasteiger partial charge on any atom is 0.265 e. The molecule has 0 aliphatic carbocycles. The van der Waals surface area contributed by atoms with Gasteiger partial charge in [-0.05, 0) is 24.3 Å². The Morgan fingerprint density at radius 1 is 1.19 bits per heavy atom. The Bertz CT molecular complexity index is 889. The fourth-order valence-electron chi connectivity index (χ4n) is 2.25. The average molecular weight is 408 g/mol. The van der Waals surface area contributed by atoms with Crippen LogP contribution in [-0.4, -0.2) is 37.3 Å². The zero-order chi connectivity index (χ0) is 19.2. The lowest BCUT2D eigenvalue weighted by Gasteiger charge is -2.25. The Labute approximate surface area is 165 Å². The van der Waals surface area contributed by atoms with E-state index in [4.69, 9.17) is 32.7 Å². The van der Waals surface area contributed by atoms with Gasteiger partial charge in [0.15, 0.2) is 11.5 Å². The molecule has 140 valence electrons. The molecule has 0 bridgehead atoms. The highest BCUT2D eigenvalue weighted by Crippen LogP contribution is 2.30. The molecular weight excluding hydrogens is 393 g/mol. The monoisotopic (exact) mass is 407 g/mol. The van der Waals surface area contributed by atoms with Gasteiger partial charge in [-0.3, -0.25) is 9.59 Å². The van der Waals surface area contributed by atoms with Gasteiger partial charge in [0.25, 0.3) is 11.8 Å². The Morgan fingerprint density at radius 3 is 2.74 bits per heavy atom. The predicted octanol–water partition coefficient (Wildman–Crippen LogP) is 2.40. The first kappa shape index (κ1) is 19.0. The minimum atomic E-state index is -0.830. The summed E-state index contributed by atoms with van der Waals surface area (Å²) < 4.78 is 11.0. The standard InChI is InChI=1S/C18H15Cl2N3O4/c19-12-6-5-11(13(20)7-12)8-22-23-17(24)9-21-18(25)16-10-26-14-3-1-2-4-15(14)27-16/h1-8,16H,9-10H2,(H,21,25)(H,23,24)/b22-8+. The number of ether oxygens (including phenoxy) is 2. The van der Waals surface area contributed by atoms with Gasteiger partial charge in [0, 0.05) is 10.6 Å². The SMILES string of the molecule is O=C(CNC(=O)C1COc2ccccc2O1)N/N=C/c1ccc(Cl)cc1Cl. The molecule has 0 aromatic heterocycles. The second-order valence-electron chi connectivity index (χ2n) is 5.54. The third kappa shape index (κ3) is 5.12. The number of para-hydroxylation sites is 2. The van der Waals surface area contributed by atoms with Gasteiger partial charge in [0.2, 0.25) is 6.10 Å². The molecule has 27 heavy (non-hydrogen) atoms. The smallest absolute Gasteiger partial charge is 0.265 e. The second-order valence-corrected chi connectivity index (χ2v) is 6.38. The summed E-state index contributed by atoms with van der Waals surface area (Å²) >= 11 is 11.8. The van der Waals surface area contributed by atoms with Crippen molar-refractivity contribution >= 4 is 41.2 Å². The van der Waals surface area contributed by atoms with E-state index in [1.807, 2.05) is 6.07 Å². The summed E-state index contributed by atoms with van der Waals surface area (Å²) in [5.74, 6) is 0.110. The van der Waals surface area contributed by atoms with Crippen molar-refractivity contribution in [2.24, 2.45) is 5.10 Å². The first-order valence-electron chi connectivity index (χ1n) is 7.96. The predicted molar refractivity (Wildman–Crippen MR) is 102 cm³/mol. The van der Waals surface area contributed by atoms with Crippen molar-refractivity contribution in [2.75, 3.05) is 13.2 Å². The summed E-state index contributed by atoms with van der Waals surface area (Å²) in [4.78, 5) is 23.9. The van der Waals surface area contributed by atoms with Crippen LogP contribution in [0, 0.1) is 0 Å². The van der Waals surface area contributed by atoms with Crippen LogP contribution in [0.3, 0.4) is 0 Å². The lowest BCUT2D eigenvalue weighted by molar-refractivity contribution is -0.132. The maximum absolute atomic E-state index is 12.1. The zero-order valence-corrected chi connectivity index (χ0v) is 15.5. The van der Waals surface area contributed by atoms with E-state index in [1.54, 1.807) is 36.4 Å². The van der Waals surface area contributed by atoms with Crippen molar-refractivity contribution < 1.29 is 19.1 Å². The number of nitrogens with one attached hydrogen (secondary N) is 2. The molecule has 1 unspecified atom stereocenters. The van der Waals surface area contributed by atoms with Gasteiger partial charge in [-0.25, -0.2) is 5.43 Å². The lowest BCUT2D eigenvalue weighted by atomic mass is 10.2. The van der Waals surface area contributed by atoms with E-state index in [0.717, 1.165) is 0 Å². The van der Waals surface area contributed by atoms with Crippen LogP contribution in [0.15, 0.2) is 47.6 Å². The number of halogens is 2. The molecule has 0 saturated carbocycles. The summed E-state index contributed by atoms with van der Waals surface area (Å²) in [6.07, 6.45) is 0.553. The fourth-order valence-corrected chi connectivity index (χ4v) is 2.71. The highest BCUT2D eigenvalue weighted by molar-refractivity contribution is 6.36. The van der Waals surface area contributed by atoms with E-state index in [0.29, 0.717) is 27.1 Å². The number of rotatable bonds is 5. The summed E-state index contributed by atoms with van der Waals surface area (Å²) in [7, 11) is 0. The van der Waals surface area contributed by atoms with Crippen LogP contribution in [-0.2, 0) is 9.59 Å². The van der Waals surface area contributed by atoms with Gasteiger partial charge >= 0.3 is 0 Å². The number of fused-ring (bicyclic) bond motifs is 1. The van der Waals surface area contributed by atoms with Crippen LogP contribution in [0.4, 0.5) is 0 Å². The number of hydrogen-bond acceptors (Lipinski definition) is 5. The Morgan fingerprint density at radius 2 is 1.96 bits per heavy atom. The van der Waals surface area contributed by atoms with Crippen LogP contribution in [0.2, 0.25) is 10.0 Å². The molecular formula is C18H15Cl2N3O4. The molecule has 2 aromatic rings. The van der Waals surface area contributed by atoms with Crippen molar-refractivity contribution in [3.63, 3.8) is 0 Å². The molecule has 0 spiro atoms. The first-order chi connectivity index (χ1) is 13.0. The topological polar surface area (TPSA) is 89.0 Å².